The van der Waals surface area contributed by atoms with Gasteiger partial charge in [0.1, 0.15) is 0 Å². The van der Waals surface area contributed by atoms with E-state index in [1.807, 2.05) is 24.8 Å². The average molecular weight is 237 g/mol. The molecule has 94 valence electrons. The molecular weight excluding hydrogens is 218 g/mol. The fourth-order valence-corrected chi connectivity index (χ4v) is 1.54. The van der Waals surface area contributed by atoms with Crippen LogP contribution in [0.4, 0.5) is 5.82 Å². The number of hydrogen-bond acceptors (Lipinski definition) is 5. The third-order valence-corrected chi connectivity index (χ3v) is 2.39. The maximum Gasteiger partial charge on any atom is 0.239 e. The van der Waals surface area contributed by atoms with E-state index in [-0.39, 0.29) is 12.5 Å². The number of hydrogen-bond donors (Lipinski definition) is 2. The third kappa shape index (κ3) is 3.67. The first kappa shape index (κ1) is 13.4. The van der Waals surface area contributed by atoms with E-state index in [2.05, 4.69) is 15.5 Å². The van der Waals surface area contributed by atoms with Crippen molar-refractivity contribution >= 4 is 11.7 Å². The summed E-state index contributed by atoms with van der Waals surface area (Å²) in [5.74, 6) is 0.659. The average Bonchev–Trinajstić information content (AvgIpc) is 2.36. The molecule has 0 unspecified atom stereocenters. The normalized spacial score (nSPS) is 10.1. The van der Waals surface area contributed by atoms with Crippen molar-refractivity contribution in [2.75, 3.05) is 24.5 Å². The van der Waals surface area contributed by atoms with Crippen LogP contribution in [0.15, 0.2) is 12.3 Å². The number of amides is 1. The van der Waals surface area contributed by atoms with Crippen molar-refractivity contribution in [3.05, 3.63) is 17.8 Å². The maximum atomic E-state index is 11.6. The third-order valence-electron chi connectivity index (χ3n) is 2.39. The molecule has 0 spiro atoms. The van der Waals surface area contributed by atoms with E-state index in [0.29, 0.717) is 25.5 Å². The predicted molar refractivity (Wildman–Crippen MR) is 66.5 cm³/mol. The molecule has 1 amide bonds. The van der Waals surface area contributed by atoms with E-state index in [0.717, 1.165) is 5.56 Å². The van der Waals surface area contributed by atoms with Gasteiger partial charge in [-0.2, -0.15) is 5.10 Å². The number of likely N-dealkylation sites (N-methyl/N-ethyl adjacent to an activating group) is 2. The van der Waals surface area contributed by atoms with Gasteiger partial charge in [-0.05, 0) is 19.9 Å². The highest BCUT2D eigenvalue weighted by Crippen LogP contribution is 2.14. The molecule has 0 aliphatic rings. The van der Waals surface area contributed by atoms with Gasteiger partial charge in [-0.3, -0.25) is 4.79 Å². The zero-order valence-corrected chi connectivity index (χ0v) is 10.3. The molecule has 6 heteroatoms. The Morgan fingerprint density at radius 2 is 2.29 bits per heavy atom. The summed E-state index contributed by atoms with van der Waals surface area (Å²) in [6.07, 6.45) is 1.60. The summed E-state index contributed by atoms with van der Waals surface area (Å²) >= 11 is 0. The Morgan fingerprint density at radius 1 is 1.53 bits per heavy atom. The molecule has 6 nitrogen and oxygen atoms in total. The molecule has 1 aromatic rings. The molecule has 1 aromatic heterocycles. The molecule has 0 bridgehead atoms. The Labute approximate surface area is 101 Å². The van der Waals surface area contributed by atoms with Crippen LogP contribution in [0.25, 0.3) is 0 Å². The van der Waals surface area contributed by atoms with Crippen LogP contribution >= 0.6 is 0 Å². The molecule has 0 saturated carbocycles. The SMILES string of the molecule is CCNC(=O)CN(CC)c1nnccc1CN. The van der Waals surface area contributed by atoms with Crippen molar-refractivity contribution in [3.8, 4) is 0 Å². The van der Waals surface area contributed by atoms with Crippen molar-refractivity contribution in [1.29, 1.82) is 0 Å². The summed E-state index contributed by atoms with van der Waals surface area (Å²) in [6.45, 7) is 5.83. The van der Waals surface area contributed by atoms with Gasteiger partial charge in [-0.25, -0.2) is 0 Å². The van der Waals surface area contributed by atoms with Gasteiger partial charge in [0, 0.05) is 25.2 Å². The smallest absolute Gasteiger partial charge is 0.239 e. The van der Waals surface area contributed by atoms with Crippen molar-refractivity contribution in [2.45, 2.75) is 20.4 Å². The van der Waals surface area contributed by atoms with Crippen LogP contribution in [0.3, 0.4) is 0 Å². The molecule has 0 aliphatic carbocycles. The van der Waals surface area contributed by atoms with Crippen molar-refractivity contribution in [3.63, 3.8) is 0 Å². The van der Waals surface area contributed by atoms with Crippen LogP contribution in [0.2, 0.25) is 0 Å². The Balaban J connectivity index is 2.82. The molecule has 0 fully saturated rings. The van der Waals surface area contributed by atoms with Crippen LogP contribution in [-0.4, -0.2) is 35.7 Å². The summed E-state index contributed by atoms with van der Waals surface area (Å²) in [5.41, 5.74) is 6.53. The molecule has 1 heterocycles. The fourth-order valence-electron chi connectivity index (χ4n) is 1.54. The summed E-state index contributed by atoms with van der Waals surface area (Å²) in [7, 11) is 0. The second-order valence-corrected chi connectivity index (χ2v) is 3.55. The maximum absolute atomic E-state index is 11.6. The summed E-state index contributed by atoms with van der Waals surface area (Å²) < 4.78 is 0. The first-order chi connectivity index (χ1) is 8.22. The summed E-state index contributed by atoms with van der Waals surface area (Å²) in [6, 6.07) is 1.82. The molecule has 0 saturated heterocycles. The fraction of sp³-hybridized carbons (Fsp3) is 0.545. The minimum Gasteiger partial charge on any atom is -0.355 e. The summed E-state index contributed by atoms with van der Waals surface area (Å²) in [4.78, 5) is 13.4. The van der Waals surface area contributed by atoms with Crippen LogP contribution in [0.1, 0.15) is 19.4 Å². The highest BCUT2D eigenvalue weighted by molar-refractivity contribution is 5.81. The second kappa shape index (κ2) is 6.80. The molecule has 0 atom stereocenters. The summed E-state index contributed by atoms with van der Waals surface area (Å²) in [5, 5.41) is 10.6. The number of nitrogens with one attached hydrogen (secondary N) is 1. The number of aromatic nitrogens is 2. The number of rotatable bonds is 6. The lowest BCUT2D eigenvalue weighted by Crippen LogP contribution is -2.38. The van der Waals surface area contributed by atoms with E-state index in [9.17, 15) is 4.79 Å². The minimum absolute atomic E-state index is 0.0250. The van der Waals surface area contributed by atoms with Gasteiger partial charge in [0.25, 0.3) is 0 Å². The highest BCUT2D eigenvalue weighted by atomic mass is 16.2. The number of anilines is 1. The molecule has 0 aromatic carbocycles. The van der Waals surface area contributed by atoms with E-state index >= 15 is 0 Å². The number of carbonyl (C=O) groups is 1. The Kier molecular flexibility index (Phi) is 5.35. The van der Waals surface area contributed by atoms with Gasteiger partial charge < -0.3 is 16.0 Å². The lowest BCUT2D eigenvalue weighted by atomic mass is 10.2. The highest BCUT2D eigenvalue weighted by Gasteiger charge is 2.13. The molecule has 17 heavy (non-hydrogen) atoms. The minimum atomic E-state index is -0.0250. The van der Waals surface area contributed by atoms with Crippen LogP contribution in [0, 0.1) is 0 Å². The predicted octanol–water partition coefficient (Wildman–Crippen LogP) is -0.102. The standard InChI is InChI=1S/C11H19N5O/c1-3-13-10(17)8-16(4-2)11-9(7-12)5-6-14-15-11/h5-6H,3-4,7-8,12H2,1-2H3,(H,13,17). The quantitative estimate of drug-likeness (QED) is 0.721. The van der Waals surface area contributed by atoms with Crippen molar-refractivity contribution in [1.82, 2.24) is 15.5 Å². The number of carbonyl (C=O) groups excluding carboxylic acids is 1. The molecule has 0 radical (unpaired) electrons. The Morgan fingerprint density at radius 3 is 2.88 bits per heavy atom. The van der Waals surface area contributed by atoms with Gasteiger partial charge in [0.2, 0.25) is 5.91 Å². The van der Waals surface area contributed by atoms with Gasteiger partial charge >= 0.3 is 0 Å². The van der Waals surface area contributed by atoms with E-state index in [1.54, 1.807) is 6.20 Å². The molecule has 3 N–H and O–H groups in total. The number of nitrogens with zero attached hydrogens (tertiary/aromatic N) is 3. The first-order valence-corrected chi connectivity index (χ1v) is 5.75. The lowest BCUT2D eigenvalue weighted by molar-refractivity contribution is -0.119. The monoisotopic (exact) mass is 237 g/mol. The Hall–Kier alpha value is -1.69. The van der Waals surface area contributed by atoms with E-state index in [4.69, 9.17) is 5.73 Å². The molecule has 0 aliphatic heterocycles. The van der Waals surface area contributed by atoms with Crippen LogP contribution in [0.5, 0.6) is 0 Å². The largest absolute Gasteiger partial charge is 0.355 e. The zero-order valence-electron chi connectivity index (χ0n) is 10.3. The Bertz CT molecular complexity index is 369. The zero-order chi connectivity index (χ0) is 12.7. The van der Waals surface area contributed by atoms with Crippen molar-refractivity contribution in [2.24, 2.45) is 5.73 Å². The van der Waals surface area contributed by atoms with Crippen LogP contribution < -0.4 is 16.0 Å². The lowest BCUT2D eigenvalue weighted by Gasteiger charge is -2.22. The second-order valence-electron chi connectivity index (χ2n) is 3.55. The first-order valence-electron chi connectivity index (χ1n) is 5.75. The van der Waals surface area contributed by atoms with Crippen LogP contribution in [-0.2, 0) is 11.3 Å². The van der Waals surface area contributed by atoms with Crippen molar-refractivity contribution < 1.29 is 4.79 Å². The van der Waals surface area contributed by atoms with Gasteiger partial charge in [-0.15, -0.1) is 5.10 Å². The van der Waals surface area contributed by atoms with Gasteiger partial charge in [-0.1, -0.05) is 0 Å². The van der Waals surface area contributed by atoms with E-state index in [1.165, 1.54) is 0 Å². The molecular formula is C11H19N5O. The number of nitrogens with two attached hydrogens (primary N) is 1. The topological polar surface area (TPSA) is 84.1 Å². The van der Waals surface area contributed by atoms with Gasteiger partial charge in [0.05, 0.1) is 12.7 Å². The van der Waals surface area contributed by atoms with E-state index < -0.39 is 0 Å². The van der Waals surface area contributed by atoms with Gasteiger partial charge in [0.15, 0.2) is 5.82 Å². The molecule has 1 rings (SSSR count).